The third kappa shape index (κ3) is 8.28. The normalized spacial score (nSPS) is 20.8. The molecule has 0 unspecified atom stereocenters. The number of nitrogens with zero attached hydrogens (tertiary/aromatic N) is 3. The van der Waals surface area contributed by atoms with Gasteiger partial charge < -0.3 is 30.5 Å². The highest BCUT2D eigenvalue weighted by Crippen LogP contribution is 2.39. The molecule has 0 bridgehead atoms. The van der Waals surface area contributed by atoms with E-state index in [2.05, 4.69) is 5.32 Å². The SMILES string of the molecule is Nc1c(Cl)cc(C[C@@H](CC(=O)N2CCC(N3CCc4ccccc4NC3=O)CC2)C(=O)N2CCC(C3CCOCC3)CC2)cc1C(F)(F)F. The number of amides is 4. The molecule has 0 aliphatic carbocycles. The largest absolute Gasteiger partial charge is 0.418 e. The molecule has 13 heteroatoms. The van der Waals surface area contributed by atoms with Gasteiger partial charge in [-0.3, -0.25) is 9.59 Å². The molecule has 9 nitrogen and oxygen atoms in total. The molecule has 0 aromatic heterocycles. The van der Waals surface area contributed by atoms with Crippen LogP contribution in [0.3, 0.4) is 0 Å². The van der Waals surface area contributed by atoms with Crippen molar-refractivity contribution in [3.8, 4) is 0 Å². The molecule has 4 amide bonds. The van der Waals surface area contributed by atoms with Crippen LogP contribution in [0.5, 0.6) is 0 Å². The van der Waals surface area contributed by atoms with Crippen molar-refractivity contribution in [1.82, 2.24) is 14.7 Å². The number of nitrogens with two attached hydrogens (primary N) is 1. The number of alkyl halides is 3. The molecule has 0 spiro atoms. The fourth-order valence-electron chi connectivity index (χ4n) is 8.10. The second kappa shape index (κ2) is 15.2. The van der Waals surface area contributed by atoms with Gasteiger partial charge in [0, 0.05) is 64.1 Å². The van der Waals surface area contributed by atoms with E-state index in [4.69, 9.17) is 22.1 Å². The van der Waals surface area contributed by atoms with Gasteiger partial charge >= 0.3 is 12.2 Å². The number of nitrogen functional groups attached to an aromatic ring is 1. The molecule has 266 valence electrons. The van der Waals surface area contributed by atoms with Crippen LogP contribution in [-0.2, 0) is 33.3 Å². The van der Waals surface area contributed by atoms with E-state index in [1.165, 1.54) is 6.07 Å². The van der Waals surface area contributed by atoms with Crippen molar-refractivity contribution in [1.29, 1.82) is 0 Å². The Balaban J connectivity index is 1.12. The molecule has 3 fully saturated rings. The van der Waals surface area contributed by atoms with Crippen molar-refractivity contribution in [3.63, 3.8) is 0 Å². The molecular weight excluding hydrogens is 659 g/mol. The maximum absolute atomic E-state index is 14.1. The van der Waals surface area contributed by atoms with Gasteiger partial charge in [-0.25, -0.2) is 4.79 Å². The second-order valence-corrected chi connectivity index (χ2v) is 14.3. The predicted molar refractivity (Wildman–Crippen MR) is 181 cm³/mol. The Kier molecular flexibility index (Phi) is 10.9. The van der Waals surface area contributed by atoms with Gasteiger partial charge in [0.25, 0.3) is 0 Å². The molecular formula is C36H45ClF3N5O4. The number of halogens is 4. The van der Waals surface area contributed by atoms with Crippen LogP contribution in [0, 0.1) is 17.8 Å². The number of piperidine rings is 2. The summed E-state index contributed by atoms with van der Waals surface area (Å²) in [6.07, 6.45) is 0.733. The summed E-state index contributed by atoms with van der Waals surface area (Å²) in [5, 5.41) is 2.78. The summed E-state index contributed by atoms with van der Waals surface area (Å²) in [4.78, 5) is 46.2. The van der Waals surface area contributed by atoms with Crippen LogP contribution in [-0.4, -0.2) is 84.5 Å². The number of rotatable bonds is 7. The first-order valence-electron chi connectivity index (χ1n) is 17.4. The molecule has 0 saturated carbocycles. The van der Waals surface area contributed by atoms with E-state index in [0.29, 0.717) is 57.4 Å². The summed E-state index contributed by atoms with van der Waals surface area (Å²) in [6.45, 7) is 4.04. The Morgan fingerprint density at radius 2 is 1.59 bits per heavy atom. The third-order valence-electron chi connectivity index (χ3n) is 10.9. The van der Waals surface area contributed by atoms with Crippen molar-refractivity contribution in [2.24, 2.45) is 17.8 Å². The van der Waals surface area contributed by atoms with Crippen LogP contribution in [0.25, 0.3) is 0 Å². The lowest BCUT2D eigenvalue weighted by atomic mass is 9.79. The van der Waals surface area contributed by atoms with Crippen LogP contribution in [0.15, 0.2) is 36.4 Å². The molecule has 2 aromatic carbocycles. The fourth-order valence-corrected chi connectivity index (χ4v) is 8.34. The van der Waals surface area contributed by atoms with Crippen molar-refractivity contribution in [2.45, 2.75) is 70.0 Å². The molecule has 4 heterocycles. The first-order chi connectivity index (χ1) is 23.5. The molecule has 2 aromatic rings. The quantitative estimate of drug-likeness (QED) is 0.332. The van der Waals surface area contributed by atoms with E-state index in [1.54, 1.807) is 9.80 Å². The predicted octanol–water partition coefficient (Wildman–Crippen LogP) is 6.24. The van der Waals surface area contributed by atoms with Gasteiger partial charge in [-0.1, -0.05) is 29.8 Å². The molecule has 4 aliphatic rings. The second-order valence-electron chi connectivity index (χ2n) is 13.9. The molecule has 4 aliphatic heterocycles. The molecule has 49 heavy (non-hydrogen) atoms. The van der Waals surface area contributed by atoms with E-state index >= 15 is 0 Å². The van der Waals surface area contributed by atoms with E-state index in [-0.39, 0.29) is 47.3 Å². The van der Waals surface area contributed by atoms with Crippen LogP contribution in [0.1, 0.15) is 61.6 Å². The maximum atomic E-state index is 14.1. The minimum atomic E-state index is -4.72. The van der Waals surface area contributed by atoms with Crippen molar-refractivity contribution < 1.29 is 32.3 Å². The number of ether oxygens (including phenoxy) is 1. The molecule has 6 rings (SSSR count). The van der Waals surface area contributed by atoms with E-state index < -0.39 is 23.3 Å². The van der Waals surface area contributed by atoms with Gasteiger partial charge in [0.2, 0.25) is 11.8 Å². The summed E-state index contributed by atoms with van der Waals surface area (Å²) in [5.41, 5.74) is 6.18. The zero-order chi connectivity index (χ0) is 34.7. The summed E-state index contributed by atoms with van der Waals surface area (Å²) in [7, 11) is 0. The van der Waals surface area contributed by atoms with E-state index in [0.717, 1.165) is 62.6 Å². The fraction of sp³-hybridized carbons (Fsp3) is 0.583. The van der Waals surface area contributed by atoms with Gasteiger partial charge in [0.05, 0.1) is 22.2 Å². The lowest BCUT2D eigenvalue weighted by Crippen LogP contribution is -2.50. The van der Waals surface area contributed by atoms with Gasteiger partial charge in [-0.05, 0) is 92.5 Å². The number of carbonyl (C=O) groups excluding carboxylic acids is 3. The Hall–Kier alpha value is -3.51. The third-order valence-corrected chi connectivity index (χ3v) is 11.2. The summed E-state index contributed by atoms with van der Waals surface area (Å²) in [5.74, 6) is -0.240. The first-order valence-corrected chi connectivity index (χ1v) is 17.8. The standard InChI is InChI=1S/C36H45ClF3N5O4/c37-30-21-23(20-29(33(30)41)36(38,39)40)19-27(34(47)44-12-5-24(6-13-44)25-10-17-49-18-11-25)22-32(46)43-14-8-28(9-15-43)45-16-7-26-3-1-2-4-31(26)42-35(45)48/h1-4,20-21,24-25,27-28H,5-19,22,41H2,(H,42,48)/t27-/m0/s1. The molecule has 1 atom stereocenters. The van der Waals surface area contributed by atoms with Crippen LogP contribution >= 0.6 is 11.6 Å². The number of nitrogens with one attached hydrogen (secondary N) is 1. The Morgan fingerprint density at radius 1 is 0.939 bits per heavy atom. The van der Waals surface area contributed by atoms with Gasteiger partial charge in [0.15, 0.2) is 0 Å². The Bertz CT molecular complexity index is 1520. The summed E-state index contributed by atoms with van der Waals surface area (Å²) < 4.78 is 46.9. The lowest BCUT2D eigenvalue weighted by Gasteiger charge is -2.39. The maximum Gasteiger partial charge on any atom is 0.418 e. The number of carbonyl (C=O) groups is 3. The zero-order valence-corrected chi connectivity index (χ0v) is 28.4. The number of likely N-dealkylation sites (tertiary alicyclic amines) is 2. The molecule has 3 N–H and O–H groups in total. The number of hydrogen-bond acceptors (Lipinski definition) is 5. The summed E-state index contributed by atoms with van der Waals surface area (Å²) >= 11 is 6.14. The average molecular weight is 704 g/mol. The number of para-hydroxylation sites is 1. The van der Waals surface area contributed by atoms with Gasteiger partial charge in [-0.15, -0.1) is 0 Å². The van der Waals surface area contributed by atoms with Crippen molar-refractivity contribution >= 4 is 40.8 Å². The highest BCUT2D eigenvalue weighted by molar-refractivity contribution is 6.33. The first kappa shape index (κ1) is 35.3. The van der Waals surface area contributed by atoms with Crippen molar-refractivity contribution in [3.05, 3.63) is 58.1 Å². The highest BCUT2D eigenvalue weighted by Gasteiger charge is 2.38. The van der Waals surface area contributed by atoms with Crippen molar-refractivity contribution in [2.75, 3.05) is 57.0 Å². The van der Waals surface area contributed by atoms with E-state index in [9.17, 15) is 27.6 Å². The monoisotopic (exact) mass is 703 g/mol. The minimum Gasteiger partial charge on any atom is -0.397 e. The van der Waals surface area contributed by atoms with Crippen LogP contribution in [0.2, 0.25) is 5.02 Å². The van der Waals surface area contributed by atoms with E-state index in [1.807, 2.05) is 29.2 Å². The number of anilines is 2. The average Bonchev–Trinajstić information content (AvgIpc) is 3.27. The molecule has 0 radical (unpaired) electrons. The number of urea groups is 1. The number of hydrogen-bond donors (Lipinski definition) is 2. The summed E-state index contributed by atoms with van der Waals surface area (Å²) in [6, 6.07) is 9.87. The van der Waals surface area contributed by atoms with Crippen LogP contribution in [0.4, 0.5) is 29.3 Å². The van der Waals surface area contributed by atoms with Gasteiger partial charge in [-0.2, -0.15) is 13.2 Å². The zero-order valence-electron chi connectivity index (χ0n) is 27.7. The molecule has 3 saturated heterocycles. The van der Waals surface area contributed by atoms with Gasteiger partial charge in [0.1, 0.15) is 0 Å². The number of benzene rings is 2. The Morgan fingerprint density at radius 3 is 2.29 bits per heavy atom. The van der Waals surface area contributed by atoms with Crippen LogP contribution < -0.4 is 11.1 Å². The smallest absolute Gasteiger partial charge is 0.397 e. The Labute approximate surface area is 290 Å². The lowest BCUT2D eigenvalue weighted by molar-refractivity contribution is -0.143. The topological polar surface area (TPSA) is 108 Å². The number of fused-ring (bicyclic) bond motifs is 1. The minimum absolute atomic E-state index is 0.0366. The highest BCUT2D eigenvalue weighted by atomic mass is 35.5.